The van der Waals surface area contributed by atoms with Crippen LogP contribution in [0, 0.1) is 0 Å². The molecule has 3 amide bonds. The Balaban J connectivity index is 1.12. The number of quaternary nitrogens is 2. The molecule has 3 heterocycles. The molecule has 0 bridgehead atoms. The highest BCUT2D eigenvalue weighted by molar-refractivity contribution is 6.04. The SMILES string of the molecule is O=C1N[C@@H](Cc2ccccc2)C(=O)N1C[NH+]1CC[NH+](Cc2ccc3c(c2)OCO3)CC1. The zero-order valence-corrected chi connectivity index (χ0v) is 17.4. The van der Waals surface area contributed by atoms with Crippen molar-refractivity contribution in [2.24, 2.45) is 0 Å². The van der Waals surface area contributed by atoms with Gasteiger partial charge in [-0.05, 0) is 23.8 Å². The first-order valence-corrected chi connectivity index (χ1v) is 10.9. The molecule has 0 aliphatic carbocycles. The molecule has 162 valence electrons. The molecule has 2 fully saturated rings. The van der Waals surface area contributed by atoms with E-state index in [0.29, 0.717) is 19.9 Å². The van der Waals surface area contributed by atoms with Crippen molar-refractivity contribution < 1.29 is 28.9 Å². The number of hydrogen-bond donors (Lipinski definition) is 3. The molecule has 31 heavy (non-hydrogen) atoms. The number of imide groups is 1. The second kappa shape index (κ2) is 8.56. The molecule has 2 aromatic rings. The molecule has 0 aromatic heterocycles. The summed E-state index contributed by atoms with van der Waals surface area (Å²) in [6.07, 6.45) is 0.532. The number of carbonyl (C=O) groups excluding carboxylic acids is 2. The van der Waals surface area contributed by atoms with E-state index in [4.69, 9.17) is 9.47 Å². The molecule has 8 nitrogen and oxygen atoms in total. The van der Waals surface area contributed by atoms with Crippen LogP contribution in [0.1, 0.15) is 11.1 Å². The summed E-state index contributed by atoms with van der Waals surface area (Å²) in [4.78, 5) is 29.4. The zero-order chi connectivity index (χ0) is 21.2. The highest BCUT2D eigenvalue weighted by Crippen LogP contribution is 2.32. The quantitative estimate of drug-likeness (QED) is 0.511. The van der Waals surface area contributed by atoms with Crippen LogP contribution < -0.4 is 24.6 Å². The van der Waals surface area contributed by atoms with E-state index in [9.17, 15) is 9.59 Å². The fourth-order valence-corrected chi connectivity index (χ4v) is 4.57. The van der Waals surface area contributed by atoms with E-state index >= 15 is 0 Å². The molecule has 2 saturated heterocycles. The Bertz CT molecular complexity index is 959. The predicted molar refractivity (Wildman–Crippen MR) is 112 cm³/mol. The van der Waals surface area contributed by atoms with Crippen molar-refractivity contribution >= 4 is 11.9 Å². The maximum atomic E-state index is 12.8. The fraction of sp³-hybridized carbons (Fsp3) is 0.391. The van der Waals surface area contributed by atoms with Crippen LogP contribution in [0.4, 0.5) is 4.79 Å². The Morgan fingerprint density at radius 3 is 2.45 bits per heavy atom. The topological polar surface area (TPSA) is 76.8 Å². The van der Waals surface area contributed by atoms with Crippen LogP contribution in [0.25, 0.3) is 0 Å². The molecule has 0 radical (unpaired) electrons. The minimum atomic E-state index is -0.466. The maximum absolute atomic E-state index is 12.8. The van der Waals surface area contributed by atoms with Crippen molar-refractivity contribution in [3.05, 3.63) is 59.7 Å². The summed E-state index contributed by atoms with van der Waals surface area (Å²) in [6, 6.07) is 15.2. The number of ether oxygens (including phenoxy) is 2. The second-order valence-corrected chi connectivity index (χ2v) is 8.48. The lowest BCUT2D eigenvalue weighted by Gasteiger charge is -2.31. The Morgan fingerprint density at radius 2 is 1.65 bits per heavy atom. The smallest absolute Gasteiger partial charge is 0.329 e. The number of nitrogens with zero attached hydrogens (tertiary/aromatic N) is 1. The van der Waals surface area contributed by atoms with Crippen LogP contribution in [-0.2, 0) is 17.8 Å². The van der Waals surface area contributed by atoms with Gasteiger partial charge >= 0.3 is 6.03 Å². The number of nitrogens with one attached hydrogen (secondary N) is 3. The van der Waals surface area contributed by atoms with Gasteiger partial charge < -0.3 is 24.6 Å². The number of benzene rings is 2. The third-order valence-electron chi connectivity index (χ3n) is 6.33. The number of amides is 3. The van der Waals surface area contributed by atoms with E-state index in [2.05, 4.69) is 17.4 Å². The summed E-state index contributed by atoms with van der Waals surface area (Å²) in [7, 11) is 0. The van der Waals surface area contributed by atoms with Gasteiger partial charge in [0, 0.05) is 12.0 Å². The summed E-state index contributed by atoms with van der Waals surface area (Å²) in [5.41, 5.74) is 2.29. The summed E-state index contributed by atoms with van der Waals surface area (Å²) >= 11 is 0. The van der Waals surface area contributed by atoms with Gasteiger partial charge in [-0.15, -0.1) is 0 Å². The minimum Gasteiger partial charge on any atom is -0.454 e. The Hall–Kier alpha value is -3.10. The summed E-state index contributed by atoms with van der Waals surface area (Å²) < 4.78 is 10.9. The van der Waals surface area contributed by atoms with Gasteiger partial charge in [0.25, 0.3) is 5.91 Å². The van der Waals surface area contributed by atoms with Gasteiger partial charge in [0.1, 0.15) is 38.8 Å². The first kappa shape index (κ1) is 19.8. The normalized spacial score (nSPS) is 25.0. The molecule has 3 N–H and O–H groups in total. The van der Waals surface area contributed by atoms with Gasteiger partial charge in [0.05, 0.1) is 0 Å². The second-order valence-electron chi connectivity index (χ2n) is 8.48. The Labute approximate surface area is 181 Å². The third-order valence-corrected chi connectivity index (χ3v) is 6.33. The number of hydrogen-bond acceptors (Lipinski definition) is 4. The van der Waals surface area contributed by atoms with Crippen LogP contribution in [0.3, 0.4) is 0 Å². The van der Waals surface area contributed by atoms with Crippen molar-refractivity contribution in [3.63, 3.8) is 0 Å². The standard InChI is InChI=1S/C23H26N4O4/c28-22-19(12-17-4-2-1-3-5-17)24-23(29)27(22)15-26-10-8-25(9-11-26)14-18-6-7-20-21(13-18)31-16-30-20/h1-7,13,19H,8-12,14-16H2,(H,24,29)/p+2/t19-/m0/s1. The summed E-state index contributed by atoms with van der Waals surface area (Å²) in [5.74, 6) is 1.52. The summed E-state index contributed by atoms with van der Waals surface area (Å²) in [6.45, 7) is 5.53. The van der Waals surface area contributed by atoms with E-state index in [1.807, 2.05) is 36.4 Å². The van der Waals surface area contributed by atoms with Gasteiger partial charge in [-0.1, -0.05) is 30.3 Å². The van der Waals surface area contributed by atoms with E-state index in [1.165, 1.54) is 20.3 Å². The van der Waals surface area contributed by atoms with Crippen LogP contribution in [0.15, 0.2) is 48.5 Å². The van der Waals surface area contributed by atoms with Crippen LogP contribution in [0.2, 0.25) is 0 Å². The number of piperazine rings is 1. The van der Waals surface area contributed by atoms with Gasteiger partial charge in [-0.2, -0.15) is 0 Å². The van der Waals surface area contributed by atoms with E-state index in [-0.39, 0.29) is 11.9 Å². The monoisotopic (exact) mass is 424 g/mol. The largest absolute Gasteiger partial charge is 0.454 e. The molecule has 2 aromatic carbocycles. The molecular weight excluding hydrogens is 396 g/mol. The van der Waals surface area contributed by atoms with Crippen LogP contribution in [0.5, 0.6) is 11.5 Å². The van der Waals surface area contributed by atoms with Gasteiger partial charge in [-0.25, -0.2) is 9.69 Å². The number of carbonyl (C=O) groups is 2. The predicted octanol–water partition coefficient (Wildman–Crippen LogP) is -1.18. The number of rotatable bonds is 6. The van der Waals surface area contributed by atoms with Crippen molar-refractivity contribution in [1.82, 2.24) is 10.2 Å². The maximum Gasteiger partial charge on any atom is 0.329 e. The highest BCUT2D eigenvalue weighted by Gasteiger charge is 2.40. The highest BCUT2D eigenvalue weighted by atomic mass is 16.7. The Kier molecular flexibility index (Phi) is 5.48. The van der Waals surface area contributed by atoms with E-state index in [1.54, 1.807) is 0 Å². The molecule has 5 rings (SSSR count). The number of fused-ring (bicyclic) bond motifs is 1. The van der Waals surface area contributed by atoms with Gasteiger partial charge in [-0.3, -0.25) is 4.79 Å². The van der Waals surface area contributed by atoms with Gasteiger partial charge in [0.2, 0.25) is 6.79 Å². The minimum absolute atomic E-state index is 0.114. The molecule has 3 aliphatic heterocycles. The Morgan fingerprint density at radius 1 is 0.903 bits per heavy atom. The zero-order valence-electron chi connectivity index (χ0n) is 17.4. The fourth-order valence-electron chi connectivity index (χ4n) is 4.57. The third kappa shape index (κ3) is 4.35. The lowest BCUT2D eigenvalue weighted by molar-refractivity contribution is -1.02. The molecule has 8 heteroatoms. The van der Waals surface area contributed by atoms with Crippen LogP contribution in [-0.4, -0.2) is 62.5 Å². The molecular formula is C23H28N4O4+2. The van der Waals surface area contributed by atoms with Crippen molar-refractivity contribution in [3.8, 4) is 11.5 Å². The summed E-state index contributed by atoms with van der Waals surface area (Å²) in [5, 5.41) is 2.85. The molecule has 0 unspecified atom stereocenters. The lowest BCUT2D eigenvalue weighted by Crippen LogP contribution is -3.28. The average Bonchev–Trinajstić information content (AvgIpc) is 3.35. The molecule has 1 atom stereocenters. The first-order valence-electron chi connectivity index (χ1n) is 10.9. The molecule has 3 aliphatic rings. The molecule has 0 saturated carbocycles. The van der Waals surface area contributed by atoms with Crippen LogP contribution >= 0.6 is 0 Å². The number of urea groups is 1. The van der Waals surface area contributed by atoms with Crippen molar-refractivity contribution in [2.75, 3.05) is 39.6 Å². The van der Waals surface area contributed by atoms with E-state index in [0.717, 1.165) is 49.8 Å². The first-order chi connectivity index (χ1) is 15.2. The van der Waals surface area contributed by atoms with E-state index < -0.39 is 6.04 Å². The average molecular weight is 425 g/mol. The lowest BCUT2D eigenvalue weighted by atomic mass is 10.1. The van der Waals surface area contributed by atoms with Gasteiger partial charge in [0.15, 0.2) is 18.2 Å². The molecule has 0 spiro atoms. The van der Waals surface area contributed by atoms with Crippen molar-refractivity contribution in [1.29, 1.82) is 0 Å². The van der Waals surface area contributed by atoms with Crippen molar-refractivity contribution in [2.45, 2.75) is 19.0 Å².